The van der Waals surface area contributed by atoms with E-state index in [-0.39, 0.29) is 24.4 Å². The predicted molar refractivity (Wildman–Crippen MR) is 74.9 cm³/mol. The summed E-state index contributed by atoms with van der Waals surface area (Å²) in [7, 11) is 1.50. The van der Waals surface area contributed by atoms with Crippen molar-refractivity contribution in [3.05, 3.63) is 59.5 Å². The van der Waals surface area contributed by atoms with E-state index < -0.39 is 11.7 Å². The Morgan fingerprint density at radius 1 is 1.18 bits per heavy atom. The molecule has 6 heteroatoms. The lowest BCUT2D eigenvalue weighted by atomic mass is 10.1. The lowest BCUT2D eigenvalue weighted by Gasteiger charge is -2.20. The lowest BCUT2D eigenvalue weighted by molar-refractivity contribution is -0.139. The first-order chi connectivity index (χ1) is 10.4. The van der Waals surface area contributed by atoms with Crippen LogP contribution >= 0.6 is 0 Å². The lowest BCUT2D eigenvalue weighted by Crippen LogP contribution is -2.27. The number of amides is 1. The van der Waals surface area contributed by atoms with Gasteiger partial charge in [0, 0.05) is 26.4 Å². The molecule has 1 heterocycles. The third kappa shape index (κ3) is 4.13. The molecule has 0 atom stereocenters. The Labute approximate surface area is 126 Å². The molecule has 0 bridgehead atoms. The second kappa shape index (κ2) is 6.68. The van der Waals surface area contributed by atoms with Crippen molar-refractivity contribution in [1.82, 2.24) is 4.90 Å². The van der Waals surface area contributed by atoms with Crippen LogP contribution in [-0.4, -0.2) is 17.9 Å². The number of halogens is 3. The molecule has 118 valence electrons. The number of aryl methyl sites for hydroxylation is 1. The Bertz CT molecular complexity index is 621. The standard InChI is InChI=1S/C16H16F3NO2/c1-20(15(21)9-8-13-6-4-10-22-13)11-12-5-2-3-7-14(12)16(17,18)19/h2-7,10H,8-9,11H2,1H3. The maximum absolute atomic E-state index is 12.9. The summed E-state index contributed by atoms with van der Waals surface area (Å²) in [5.74, 6) is 0.450. The van der Waals surface area contributed by atoms with Gasteiger partial charge in [0.25, 0.3) is 0 Å². The largest absolute Gasteiger partial charge is 0.469 e. The van der Waals surface area contributed by atoms with Crippen LogP contribution in [0.1, 0.15) is 23.3 Å². The van der Waals surface area contributed by atoms with Crippen molar-refractivity contribution in [1.29, 1.82) is 0 Å². The van der Waals surface area contributed by atoms with Crippen molar-refractivity contribution in [3.63, 3.8) is 0 Å². The van der Waals surface area contributed by atoms with Crippen LogP contribution in [0.25, 0.3) is 0 Å². The van der Waals surface area contributed by atoms with Gasteiger partial charge >= 0.3 is 6.18 Å². The van der Waals surface area contributed by atoms with Gasteiger partial charge in [0.2, 0.25) is 5.91 Å². The Kier molecular flexibility index (Phi) is 4.90. The van der Waals surface area contributed by atoms with Crippen molar-refractivity contribution < 1.29 is 22.4 Å². The molecule has 1 amide bonds. The number of benzene rings is 1. The van der Waals surface area contributed by atoms with Gasteiger partial charge in [0.05, 0.1) is 11.8 Å². The summed E-state index contributed by atoms with van der Waals surface area (Å²) in [6, 6.07) is 8.77. The molecule has 0 unspecified atom stereocenters. The molecule has 0 N–H and O–H groups in total. The van der Waals surface area contributed by atoms with Crippen LogP contribution in [0.2, 0.25) is 0 Å². The van der Waals surface area contributed by atoms with Crippen molar-refractivity contribution in [2.24, 2.45) is 0 Å². The molecule has 0 spiro atoms. The number of hydrogen-bond donors (Lipinski definition) is 0. The minimum Gasteiger partial charge on any atom is -0.469 e. The summed E-state index contributed by atoms with van der Waals surface area (Å²) in [5.41, 5.74) is -0.621. The SMILES string of the molecule is CN(Cc1ccccc1C(F)(F)F)C(=O)CCc1ccco1. The normalized spacial score (nSPS) is 11.5. The van der Waals surface area contributed by atoms with Gasteiger partial charge in [0.1, 0.15) is 5.76 Å². The first-order valence-electron chi connectivity index (χ1n) is 6.79. The molecule has 2 rings (SSSR count). The van der Waals surface area contributed by atoms with Crippen LogP contribution in [0.4, 0.5) is 13.2 Å². The fraction of sp³-hybridized carbons (Fsp3) is 0.312. The van der Waals surface area contributed by atoms with E-state index in [1.54, 1.807) is 12.1 Å². The second-order valence-corrected chi connectivity index (χ2v) is 4.98. The number of nitrogens with zero attached hydrogens (tertiary/aromatic N) is 1. The fourth-order valence-corrected chi connectivity index (χ4v) is 2.15. The zero-order valence-corrected chi connectivity index (χ0v) is 12.1. The van der Waals surface area contributed by atoms with Crippen molar-refractivity contribution >= 4 is 5.91 Å². The highest BCUT2D eigenvalue weighted by atomic mass is 19.4. The molecule has 0 saturated heterocycles. The first kappa shape index (κ1) is 16.1. The summed E-state index contributed by atoms with van der Waals surface area (Å²) in [6.07, 6.45) is -2.28. The van der Waals surface area contributed by atoms with Crippen LogP contribution in [0.15, 0.2) is 47.1 Å². The van der Waals surface area contributed by atoms with Crippen LogP contribution in [-0.2, 0) is 23.9 Å². The maximum Gasteiger partial charge on any atom is 0.416 e. The summed E-state index contributed by atoms with van der Waals surface area (Å²) in [6.45, 7) is -0.0767. The monoisotopic (exact) mass is 311 g/mol. The van der Waals surface area contributed by atoms with Gasteiger partial charge in [-0.1, -0.05) is 18.2 Å². The highest BCUT2D eigenvalue weighted by Gasteiger charge is 2.33. The van der Waals surface area contributed by atoms with Crippen LogP contribution in [0.5, 0.6) is 0 Å². The van der Waals surface area contributed by atoms with Crippen molar-refractivity contribution in [2.45, 2.75) is 25.6 Å². The Hall–Kier alpha value is -2.24. The molecule has 22 heavy (non-hydrogen) atoms. The molecule has 1 aromatic heterocycles. The molecule has 0 fully saturated rings. The van der Waals surface area contributed by atoms with Gasteiger partial charge in [-0.25, -0.2) is 0 Å². The van der Waals surface area contributed by atoms with E-state index in [2.05, 4.69) is 0 Å². The number of hydrogen-bond acceptors (Lipinski definition) is 2. The van der Waals surface area contributed by atoms with E-state index >= 15 is 0 Å². The summed E-state index contributed by atoms with van der Waals surface area (Å²) >= 11 is 0. The molecule has 0 radical (unpaired) electrons. The molecule has 3 nitrogen and oxygen atoms in total. The minimum atomic E-state index is -4.42. The quantitative estimate of drug-likeness (QED) is 0.839. The zero-order valence-electron chi connectivity index (χ0n) is 12.1. The number of rotatable bonds is 5. The van der Waals surface area contributed by atoms with Crippen molar-refractivity contribution in [3.8, 4) is 0 Å². The van der Waals surface area contributed by atoms with Gasteiger partial charge in [-0.15, -0.1) is 0 Å². The van der Waals surface area contributed by atoms with Gasteiger partial charge in [0.15, 0.2) is 0 Å². The third-order valence-corrected chi connectivity index (χ3v) is 3.32. The van der Waals surface area contributed by atoms with Gasteiger partial charge in [-0.2, -0.15) is 13.2 Å². The van der Waals surface area contributed by atoms with Crippen LogP contribution < -0.4 is 0 Å². The average Bonchev–Trinajstić information content (AvgIpc) is 2.97. The first-order valence-corrected chi connectivity index (χ1v) is 6.79. The fourth-order valence-electron chi connectivity index (χ4n) is 2.15. The molecular weight excluding hydrogens is 295 g/mol. The van der Waals surface area contributed by atoms with E-state index in [0.29, 0.717) is 12.2 Å². The van der Waals surface area contributed by atoms with Crippen LogP contribution in [0, 0.1) is 0 Å². The second-order valence-electron chi connectivity index (χ2n) is 4.98. The number of alkyl halides is 3. The Morgan fingerprint density at radius 3 is 2.55 bits per heavy atom. The number of carbonyl (C=O) groups is 1. The minimum absolute atomic E-state index is 0.0767. The van der Waals surface area contributed by atoms with Crippen LogP contribution in [0.3, 0.4) is 0 Å². The summed E-state index contributed by atoms with van der Waals surface area (Å²) < 4.78 is 43.9. The predicted octanol–water partition coefficient (Wildman–Crippen LogP) is 3.89. The number of carbonyl (C=O) groups excluding carboxylic acids is 1. The van der Waals surface area contributed by atoms with E-state index in [9.17, 15) is 18.0 Å². The molecule has 0 aliphatic heterocycles. The summed E-state index contributed by atoms with van der Waals surface area (Å²) in [5, 5.41) is 0. The van der Waals surface area contributed by atoms with E-state index in [0.717, 1.165) is 6.07 Å². The average molecular weight is 311 g/mol. The molecule has 1 aromatic carbocycles. The molecule has 0 aliphatic rings. The summed E-state index contributed by atoms with van der Waals surface area (Å²) in [4.78, 5) is 13.3. The molecule has 2 aromatic rings. The van der Waals surface area contributed by atoms with E-state index in [1.165, 1.54) is 36.4 Å². The maximum atomic E-state index is 12.9. The van der Waals surface area contributed by atoms with E-state index in [4.69, 9.17) is 4.42 Å². The van der Waals surface area contributed by atoms with Gasteiger partial charge in [-0.05, 0) is 23.8 Å². The molecular formula is C16H16F3NO2. The Morgan fingerprint density at radius 2 is 1.91 bits per heavy atom. The molecule has 0 saturated carbocycles. The smallest absolute Gasteiger partial charge is 0.416 e. The highest BCUT2D eigenvalue weighted by molar-refractivity contribution is 5.76. The number of furan rings is 1. The van der Waals surface area contributed by atoms with E-state index in [1.807, 2.05) is 0 Å². The van der Waals surface area contributed by atoms with Gasteiger partial charge in [-0.3, -0.25) is 4.79 Å². The third-order valence-electron chi connectivity index (χ3n) is 3.32. The van der Waals surface area contributed by atoms with Crippen molar-refractivity contribution in [2.75, 3.05) is 7.05 Å². The molecule has 0 aliphatic carbocycles. The zero-order chi connectivity index (χ0) is 16.2. The van der Waals surface area contributed by atoms with Gasteiger partial charge < -0.3 is 9.32 Å². The Balaban J connectivity index is 1.99. The topological polar surface area (TPSA) is 33.5 Å². The highest BCUT2D eigenvalue weighted by Crippen LogP contribution is 2.32.